The van der Waals surface area contributed by atoms with Gasteiger partial charge in [0.2, 0.25) is 5.91 Å². The molecular weight excluding hydrogens is 576 g/mol. The molecule has 1 fully saturated rings. The van der Waals surface area contributed by atoms with Crippen molar-refractivity contribution >= 4 is 17.7 Å². The van der Waals surface area contributed by atoms with Crippen LogP contribution < -0.4 is 29.6 Å². The number of likely N-dealkylation sites (tertiary alicyclic amines) is 1. The fourth-order valence-corrected chi connectivity index (χ4v) is 5.27. The highest BCUT2D eigenvalue weighted by Gasteiger charge is 2.35. The largest absolute Gasteiger partial charge is 0.496 e. The summed E-state index contributed by atoms with van der Waals surface area (Å²) in [5, 5.41) is 5.80. The first-order valence-corrected chi connectivity index (χ1v) is 14.2. The molecule has 0 radical (unpaired) electrons. The van der Waals surface area contributed by atoms with Crippen LogP contribution in [0.2, 0.25) is 0 Å². The molecule has 1 saturated heterocycles. The van der Waals surface area contributed by atoms with Crippen molar-refractivity contribution in [1.82, 2.24) is 15.5 Å². The Morgan fingerprint density at radius 3 is 2.59 bits per heavy atom. The Kier molecular flexibility index (Phi) is 9.47. The van der Waals surface area contributed by atoms with Gasteiger partial charge in [-0.15, -0.1) is 0 Å². The number of aryl methyl sites for hydroxylation is 1. The Bertz CT molecular complexity index is 1550. The van der Waals surface area contributed by atoms with E-state index >= 15 is 0 Å². The average Bonchev–Trinajstić information content (AvgIpc) is 3.03. The van der Waals surface area contributed by atoms with Crippen molar-refractivity contribution < 1.29 is 42.1 Å². The smallest absolute Gasteiger partial charge is 0.258 e. The van der Waals surface area contributed by atoms with E-state index in [4.69, 9.17) is 18.9 Å². The van der Waals surface area contributed by atoms with Crippen LogP contribution in [0.1, 0.15) is 34.3 Å². The molecule has 3 aromatic rings. The minimum Gasteiger partial charge on any atom is -0.496 e. The molecule has 0 unspecified atom stereocenters. The molecule has 0 spiro atoms. The fourth-order valence-electron chi connectivity index (χ4n) is 5.27. The molecule has 0 saturated carbocycles. The standard InChI is InChI=1S/C32H33F2N3O7/c1-41-26-10-6-19-7-11-29(38)35-16-20-8-9-21(15-27(20)42-2)44-25-12-13-37(32(40)22-4-3-5-23(33)31(22)34)17-24(25)36-30(39)18-43-28(26)14-19/h3-6,8-10,14-15,24-25H,7,11-13,16-18H2,1-2H3,(H,35,38)(H,36,39)/t24-,25+/m1/s1. The lowest BCUT2D eigenvalue weighted by Crippen LogP contribution is -2.58. The third-order valence-electron chi connectivity index (χ3n) is 7.61. The number of benzene rings is 3. The van der Waals surface area contributed by atoms with Gasteiger partial charge in [0.05, 0.1) is 25.8 Å². The zero-order valence-corrected chi connectivity index (χ0v) is 24.4. The van der Waals surface area contributed by atoms with Gasteiger partial charge in [0.1, 0.15) is 17.6 Å². The van der Waals surface area contributed by atoms with Gasteiger partial charge in [0.15, 0.2) is 29.7 Å². The number of nitrogens with zero attached hydrogens (tertiary/aromatic N) is 1. The normalized spacial score (nSPS) is 19.1. The van der Waals surface area contributed by atoms with Crippen LogP contribution in [0.25, 0.3) is 0 Å². The number of hydrogen-bond donors (Lipinski definition) is 2. The van der Waals surface area contributed by atoms with Gasteiger partial charge in [0.25, 0.3) is 11.8 Å². The summed E-state index contributed by atoms with van der Waals surface area (Å²) >= 11 is 0. The number of rotatable bonds is 3. The van der Waals surface area contributed by atoms with Gasteiger partial charge < -0.3 is 34.5 Å². The number of amides is 3. The maximum atomic E-state index is 14.5. The highest BCUT2D eigenvalue weighted by Crippen LogP contribution is 2.30. The minimum absolute atomic E-state index is 0.0226. The van der Waals surface area contributed by atoms with Crippen molar-refractivity contribution in [3.8, 4) is 23.0 Å². The Morgan fingerprint density at radius 1 is 0.977 bits per heavy atom. The second-order valence-corrected chi connectivity index (χ2v) is 10.5. The van der Waals surface area contributed by atoms with E-state index in [2.05, 4.69) is 10.6 Å². The number of ether oxygens (including phenoxy) is 4. The maximum absolute atomic E-state index is 14.5. The quantitative estimate of drug-likeness (QED) is 0.468. The molecule has 3 heterocycles. The molecule has 2 N–H and O–H groups in total. The van der Waals surface area contributed by atoms with Crippen molar-refractivity contribution in [2.45, 2.75) is 38.0 Å². The summed E-state index contributed by atoms with van der Waals surface area (Å²) in [5.74, 6) is -1.99. The Hall–Kier alpha value is -4.87. The zero-order chi connectivity index (χ0) is 31.2. The number of carbonyl (C=O) groups excluding carboxylic acids is 3. The Balaban J connectivity index is 1.43. The second kappa shape index (κ2) is 13.6. The van der Waals surface area contributed by atoms with Gasteiger partial charge in [-0.25, -0.2) is 8.78 Å². The first-order chi connectivity index (χ1) is 21.2. The van der Waals surface area contributed by atoms with Gasteiger partial charge in [0, 0.05) is 44.1 Å². The SMILES string of the molecule is COc1cc2ccc1CNC(=O)CCc1ccc(OC)c(c1)OCC(=O)N[C@@H]1CN(C(=O)c3cccc(F)c3F)CC[C@@H]1O2. The summed E-state index contributed by atoms with van der Waals surface area (Å²) in [7, 11) is 2.99. The first-order valence-electron chi connectivity index (χ1n) is 14.2. The highest BCUT2D eigenvalue weighted by molar-refractivity contribution is 5.94. The van der Waals surface area contributed by atoms with E-state index in [0.717, 1.165) is 17.2 Å². The minimum atomic E-state index is -1.23. The van der Waals surface area contributed by atoms with Crippen molar-refractivity contribution in [1.29, 1.82) is 0 Å². The van der Waals surface area contributed by atoms with E-state index in [1.807, 2.05) is 6.07 Å². The number of carbonyl (C=O) groups is 3. The Morgan fingerprint density at radius 2 is 1.80 bits per heavy atom. The summed E-state index contributed by atoms with van der Waals surface area (Å²) in [5.41, 5.74) is 1.17. The molecule has 2 atom stereocenters. The van der Waals surface area contributed by atoms with Gasteiger partial charge in [-0.2, -0.15) is 0 Å². The van der Waals surface area contributed by atoms with Gasteiger partial charge in [-0.3, -0.25) is 14.4 Å². The van der Waals surface area contributed by atoms with E-state index in [-0.39, 0.29) is 45.0 Å². The number of piperidine rings is 1. The summed E-state index contributed by atoms with van der Waals surface area (Å²) in [6.45, 7) is 0.0202. The van der Waals surface area contributed by atoms with E-state index in [0.29, 0.717) is 29.4 Å². The second-order valence-electron chi connectivity index (χ2n) is 10.5. The van der Waals surface area contributed by atoms with Crippen LogP contribution >= 0.6 is 0 Å². The lowest BCUT2D eigenvalue weighted by molar-refractivity contribution is -0.125. The maximum Gasteiger partial charge on any atom is 0.258 e. The molecule has 44 heavy (non-hydrogen) atoms. The van der Waals surface area contributed by atoms with Gasteiger partial charge >= 0.3 is 0 Å². The molecule has 6 rings (SSSR count). The van der Waals surface area contributed by atoms with Crippen LogP contribution in [0, 0.1) is 11.6 Å². The summed E-state index contributed by atoms with van der Waals surface area (Å²) in [6, 6.07) is 13.2. The highest BCUT2D eigenvalue weighted by atomic mass is 19.2. The predicted octanol–water partition coefficient (Wildman–Crippen LogP) is 3.40. The Labute approximate surface area is 253 Å². The van der Waals surface area contributed by atoms with Crippen molar-refractivity contribution in [3.63, 3.8) is 0 Å². The van der Waals surface area contributed by atoms with Gasteiger partial charge in [-0.1, -0.05) is 12.1 Å². The lowest BCUT2D eigenvalue weighted by Gasteiger charge is -2.39. The van der Waals surface area contributed by atoms with Gasteiger partial charge in [-0.05, 0) is 48.4 Å². The molecule has 4 bridgehead atoms. The fraction of sp³-hybridized carbons (Fsp3) is 0.344. The van der Waals surface area contributed by atoms with E-state index < -0.39 is 41.2 Å². The number of methoxy groups -OCH3 is 2. The number of fused-ring (bicyclic) bond motifs is 9. The monoisotopic (exact) mass is 609 g/mol. The molecule has 3 amide bonds. The topological polar surface area (TPSA) is 115 Å². The number of hydrogen-bond acceptors (Lipinski definition) is 7. The molecule has 0 aliphatic carbocycles. The molecule has 12 heteroatoms. The summed E-state index contributed by atoms with van der Waals surface area (Å²) < 4.78 is 51.3. The van der Waals surface area contributed by atoms with Crippen LogP contribution in [0.3, 0.4) is 0 Å². The van der Waals surface area contributed by atoms with Crippen molar-refractivity contribution in [3.05, 3.63) is 82.9 Å². The molecule has 10 nitrogen and oxygen atoms in total. The van der Waals surface area contributed by atoms with Crippen molar-refractivity contribution in [2.75, 3.05) is 33.9 Å². The third kappa shape index (κ3) is 7.01. The lowest BCUT2D eigenvalue weighted by atomic mass is 10.00. The molecule has 3 aliphatic rings. The van der Waals surface area contributed by atoms with E-state index in [1.54, 1.807) is 30.3 Å². The van der Waals surface area contributed by atoms with E-state index in [1.165, 1.54) is 31.3 Å². The average molecular weight is 610 g/mol. The molecular formula is C32H33F2N3O7. The third-order valence-corrected chi connectivity index (χ3v) is 7.61. The molecule has 3 aromatic carbocycles. The van der Waals surface area contributed by atoms with Crippen LogP contribution in [-0.2, 0) is 22.6 Å². The molecule has 232 valence electrons. The molecule has 0 aromatic heterocycles. The molecule has 3 aliphatic heterocycles. The number of halogens is 2. The van der Waals surface area contributed by atoms with E-state index in [9.17, 15) is 23.2 Å². The first kappa shape index (κ1) is 30.6. The van der Waals surface area contributed by atoms with Crippen LogP contribution in [-0.4, -0.2) is 68.7 Å². The zero-order valence-electron chi connectivity index (χ0n) is 24.4. The summed E-state index contributed by atoms with van der Waals surface area (Å²) in [4.78, 5) is 40.3. The predicted molar refractivity (Wildman–Crippen MR) is 155 cm³/mol. The van der Waals surface area contributed by atoms with Crippen LogP contribution in [0.4, 0.5) is 8.78 Å². The van der Waals surface area contributed by atoms with Crippen molar-refractivity contribution in [2.24, 2.45) is 0 Å². The summed E-state index contributed by atoms with van der Waals surface area (Å²) in [6.07, 6.45) is 0.357. The van der Waals surface area contributed by atoms with Crippen LogP contribution in [0.5, 0.6) is 23.0 Å². The van der Waals surface area contributed by atoms with Crippen LogP contribution in [0.15, 0.2) is 54.6 Å². The number of nitrogens with one attached hydrogen (secondary N) is 2.